The highest BCUT2D eigenvalue weighted by atomic mass is 16.1. The van der Waals surface area contributed by atoms with E-state index in [0.717, 1.165) is 16.8 Å². The van der Waals surface area contributed by atoms with Crippen molar-refractivity contribution in [2.24, 2.45) is 0 Å². The van der Waals surface area contributed by atoms with Crippen molar-refractivity contribution in [1.82, 2.24) is 19.9 Å². The number of imidazole rings is 1. The molecular weight excluding hydrogens is 352 g/mol. The second-order valence-corrected chi connectivity index (χ2v) is 7.35. The summed E-state index contributed by atoms with van der Waals surface area (Å²) in [7, 11) is 0. The molecule has 0 aliphatic carbocycles. The van der Waals surface area contributed by atoms with Crippen molar-refractivity contribution in [3.05, 3.63) is 84.5 Å². The normalized spacial score (nSPS) is 12.6. The Labute approximate surface area is 164 Å². The molecule has 1 aromatic carbocycles. The molecule has 0 aliphatic rings. The molecule has 148 valence electrons. The van der Waals surface area contributed by atoms with Crippen molar-refractivity contribution in [1.29, 1.82) is 0 Å². The van der Waals surface area contributed by atoms with Gasteiger partial charge in [0.2, 0.25) is 0 Å². The number of H-pyrrole nitrogens is 3. The number of rotatable bonds is 2. The first-order valence-corrected chi connectivity index (χ1v) is 9.40. The summed E-state index contributed by atoms with van der Waals surface area (Å²) in [6, 6.07) is 7.70. The Morgan fingerprint density at radius 1 is 0.964 bits per heavy atom. The molecule has 0 saturated carbocycles. The summed E-state index contributed by atoms with van der Waals surface area (Å²) in [6.45, 7) is 12.1. The fourth-order valence-corrected chi connectivity index (χ4v) is 2.77. The molecule has 0 atom stereocenters. The van der Waals surface area contributed by atoms with E-state index < -0.39 is 0 Å². The molecule has 0 radical (unpaired) electrons. The summed E-state index contributed by atoms with van der Waals surface area (Å²) in [5.74, 6) is 0. The van der Waals surface area contributed by atoms with Crippen LogP contribution >= 0.6 is 0 Å². The molecule has 2 heterocycles. The Bertz CT molecular complexity index is 1170. The van der Waals surface area contributed by atoms with Crippen LogP contribution in [-0.4, -0.2) is 19.9 Å². The van der Waals surface area contributed by atoms with Gasteiger partial charge in [0.1, 0.15) is 10.7 Å². The van der Waals surface area contributed by atoms with E-state index in [1.54, 1.807) is 18.5 Å². The Morgan fingerprint density at radius 2 is 1.57 bits per heavy atom. The van der Waals surface area contributed by atoms with Crippen LogP contribution in [0.1, 0.15) is 57.1 Å². The first-order valence-electron chi connectivity index (χ1n) is 9.40. The molecule has 28 heavy (non-hydrogen) atoms. The third-order valence-electron chi connectivity index (χ3n) is 4.04. The summed E-state index contributed by atoms with van der Waals surface area (Å²) >= 11 is 0. The van der Waals surface area contributed by atoms with Gasteiger partial charge in [0.05, 0.1) is 12.0 Å². The minimum atomic E-state index is -0.369. The molecule has 3 rings (SSSR count). The van der Waals surface area contributed by atoms with Crippen LogP contribution in [0.15, 0.2) is 40.2 Å². The van der Waals surface area contributed by atoms with Crippen molar-refractivity contribution in [2.75, 3.05) is 0 Å². The fourth-order valence-electron chi connectivity index (χ4n) is 2.77. The SMILES string of the molecule is CC.Cc1cccc(/C=c2\[nH]c(=O)/c(=C/c3nc[nH]c3C(C)(C)C)[nH]c2=O)c1. The van der Waals surface area contributed by atoms with Crippen LogP contribution in [0.4, 0.5) is 0 Å². The van der Waals surface area contributed by atoms with E-state index in [1.807, 2.05) is 65.8 Å². The highest BCUT2D eigenvalue weighted by Crippen LogP contribution is 2.22. The molecule has 0 spiro atoms. The average Bonchev–Trinajstić information content (AvgIpc) is 3.10. The molecular formula is C22H28N4O2. The zero-order valence-electron chi connectivity index (χ0n) is 17.3. The van der Waals surface area contributed by atoms with Crippen molar-refractivity contribution in [3.63, 3.8) is 0 Å². The molecule has 0 bridgehead atoms. The van der Waals surface area contributed by atoms with Gasteiger partial charge in [-0.2, -0.15) is 0 Å². The molecule has 0 saturated heterocycles. The average molecular weight is 380 g/mol. The lowest BCUT2D eigenvalue weighted by Gasteiger charge is -2.16. The van der Waals surface area contributed by atoms with Gasteiger partial charge in [-0.05, 0) is 24.6 Å². The van der Waals surface area contributed by atoms with E-state index in [-0.39, 0.29) is 27.2 Å². The lowest BCUT2D eigenvalue weighted by molar-refractivity contribution is 0.571. The van der Waals surface area contributed by atoms with Crippen LogP contribution in [0.5, 0.6) is 0 Å². The Hall–Kier alpha value is -3.15. The smallest absolute Gasteiger partial charge is 0.272 e. The van der Waals surface area contributed by atoms with Crippen molar-refractivity contribution in [2.45, 2.75) is 47.0 Å². The van der Waals surface area contributed by atoms with E-state index in [1.165, 1.54) is 0 Å². The molecule has 6 heteroatoms. The second-order valence-electron chi connectivity index (χ2n) is 7.35. The number of benzene rings is 1. The standard InChI is InChI=1S/C20H22N4O2.C2H6/c1-12-6-5-7-13(8-12)9-15-18(25)24-16(19(26)23-15)10-14-17(20(2,3)4)22-11-21-14;1-2/h5-11H,1-4H3,(H,21,22)(H,23,26)(H,24,25);1-2H3/b15-9-,16-10-;. The van der Waals surface area contributed by atoms with Crippen LogP contribution in [0.3, 0.4) is 0 Å². The van der Waals surface area contributed by atoms with Gasteiger partial charge >= 0.3 is 0 Å². The van der Waals surface area contributed by atoms with Gasteiger partial charge in [-0.15, -0.1) is 0 Å². The first kappa shape index (κ1) is 21.2. The number of nitrogens with zero attached hydrogens (tertiary/aromatic N) is 1. The van der Waals surface area contributed by atoms with Gasteiger partial charge in [0, 0.05) is 11.1 Å². The summed E-state index contributed by atoms with van der Waals surface area (Å²) in [4.78, 5) is 37.5. The summed E-state index contributed by atoms with van der Waals surface area (Å²) in [5.41, 5.74) is 2.58. The quantitative estimate of drug-likeness (QED) is 0.635. The van der Waals surface area contributed by atoms with Gasteiger partial charge in [-0.25, -0.2) is 4.98 Å². The zero-order valence-corrected chi connectivity index (χ0v) is 17.3. The molecule has 0 aliphatic heterocycles. The maximum absolute atomic E-state index is 12.4. The lowest BCUT2D eigenvalue weighted by atomic mass is 9.90. The van der Waals surface area contributed by atoms with Gasteiger partial charge < -0.3 is 15.0 Å². The van der Waals surface area contributed by atoms with Crippen LogP contribution < -0.4 is 21.8 Å². The van der Waals surface area contributed by atoms with Crippen molar-refractivity contribution in [3.8, 4) is 0 Å². The van der Waals surface area contributed by atoms with Gasteiger partial charge in [-0.3, -0.25) is 9.59 Å². The maximum Gasteiger partial charge on any atom is 0.272 e. The van der Waals surface area contributed by atoms with Crippen LogP contribution in [-0.2, 0) is 5.41 Å². The molecule has 0 unspecified atom stereocenters. The Balaban J connectivity index is 0.00000136. The lowest BCUT2D eigenvalue weighted by Crippen LogP contribution is -2.46. The fraction of sp³-hybridized carbons (Fsp3) is 0.318. The van der Waals surface area contributed by atoms with E-state index >= 15 is 0 Å². The predicted octanol–water partition coefficient (Wildman–Crippen LogP) is 2.08. The molecule has 0 fully saturated rings. The molecule has 6 nitrogen and oxygen atoms in total. The number of aromatic amines is 3. The third kappa shape index (κ3) is 4.97. The van der Waals surface area contributed by atoms with Crippen LogP contribution in [0.25, 0.3) is 12.2 Å². The third-order valence-corrected chi connectivity index (χ3v) is 4.04. The molecule has 2 aromatic heterocycles. The Morgan fingerprint density at radius 3 is 2.14 bits per heavy atom. The van der Waals surface area contributed by atoms with E-state index in [4.69, 9.17) is 0 Å². The van der Waals surface area contributed by atoms with E-state index in [2.05, 4.69) is 19.9 Å². The highest BCUT2D eigenvalue weighted by molar-refractivity contribution is 5.50. The topological polar surface area (TPSA) is 94.4 Å². The number of hydrogen-bond donors (Lipinski definition) is 3. The molecule has 0 amide bonds. The van der Waals surface area contributed by atoms with Gasteiger partial charge in [-0.1, -0.05) is 64.4 Å². The zero-order chi connectivity index (χ0) is 20.9. The number of aryl methyl sites for hydroxylation is 1. The minimum Gasteiger partial charge on any atom is -0.348 e. The Kier molecular flexibility index (Phi) is 6.57. The number of aromatic nitrogens is 4. The summed E-state index contributed by atoms with van der Waals surface area (Å²) < 4.78 is 0. The highest BCUT2D eigenvalue weighted by Gasteiger charge is 2.19. The van der Waals surface area contributed by atoms with E-state index in [0.29, 0.717) is 5.69 Å². The van der Waals surface area contributed by atoms with E-state index in [9.17, 15) is 9.59 Å². The summed E-state index contributed by atoms with van der Waals surface area (Å²) in [5, 5.41) is 0.393. The number of nitrogens with one attached hydrogen (secondary N) is 3. The summed E-state index contributed by atoms with van der Waals surface area (Å²) in [6.07, 6.45) is 4.83. The van der Waals surface area contributed by atoms with Crippen molar-refractivity contribution >= 4 is 12.2 Å². The maximum atomic E-state index is 12.4. The molecule has 3 aromatic rings. The number of hydrogen-bond acceptors (Lipinski definition) is 3. The van der Waals surface area contributed by atoms with Crippen molar-refractivity contribution < 1.29 is 0 Å². The minimum absolute atomic E-state index is 0.158. The molecule has 3 N–H and O–H groups in total. The van der Waals surface area contributed by atoms with Crippen LogP contribution in [0.2, 0.25) is 0 Å². The predicted molar refractivity (Wildman–Crippen MR) is 114 cm³/mol. The largest absolute Gasteiger partial charge is 0.348 e. The monoisotopic (exact) mass is 380 g/mol. The van der Waals surface area contributed by atoms with Gasteiger partial charge in [0.15, 0.2) is 0 Å². The first-order chi connectivity index (χ1) is 13.2. The second kappa shape index (κ2) is 8.69. The van der Waals surface area contributed by atoms with Gasteiger partial charge in [0.25, 0.3) is 11.1 Å². The van der Waals surface area contributed by atoms with Crippen LogP contribution in [0, 0.1) is 6.92 Å².